The molecule has 0 bridgehead atoms. The third-order valence-electron chi connectivity index (χ3n) is 4.28. The first-order valence-electron chi connectivity index (χ1n) is 9.36. The Hall–Kier alpha value is -3.99. The third kappa shape index (κ3) is 5.79. The van der Waals surface area contributed by atoms with E-state index in [4.69, 9.17) is 20.9 Å². The van der Waals surface area contributed by atoms with Gasteiger partial charge >= 0.3 is 11.8 Å². The molecule has 32 heavy (non-hydrogen) atoms. The summed E-state index contributed by atoms with van der Waals surface area (Å²) in [4.78, 5) is 38.5. The molecule has 0 atom stereocenters. The minimum Gasteiger partial charge on any atom is -0.484 e. The van der Waals surface area contributed by atoms with E-state index < -0.39 is 10.8 Å². The van der Waals surface area contributed by atoms with Crippen molar-refractivity contribution in [1.29, 1.82) is 0 Å². The average molecular weight is 460 g/mol. The van der Waals surface area contributed by atoms with Crippen molar-refractivity contribution in [1.82, 2.24) is 20.8 Å². The molecule has 0 aliphatic rings. The van der Waals surface area contributed by atoms with Crippen molar-refractivity contribution < 1.29 is 23.8 Å². The van der Waals surface area contributed by atoms with Gasteiger partial charge in [-0.3, -0.25) is 19.7 Å². The molecule has 0 unspecified atom stereocenters. The van der Waals surface area contributed by atoms with Crippen LogP contribution in [0, 0.1) is 17.0 Å². The standard InChI is InChI=1S/C20H18ClN5O6/c1-12-15(3-2-4-16(12)26(29)30)18-24-20(32-25-18)19(28)23-10-9-22-17(27)11-31-14-7-5-13(21)6-8-14/h2-8H,9-11H2,1H3,(H,22,27)(H,23,28). The number of carbonyl (C=O) groups excluding carboxylic acids is 2. The third-order valence-corrected chi connectivity index (χ3v) is 4.53. The van der Waals surface area contributed by atoms with Crippen LogP contribution < -0.4 is 15.4 Å². The van der Waals surface area contributed by atoms with Crippen molar-refractivity contribution in [2.24, 2.45) is 0 Å². The number of nitro groups is 1. The van der Waals surface area contributed by atoms with Crippen molar-refractivity contribution in [2.45, 2.75) is 6.92 Å². The molecule has 2 N–H and O–H groups in total. The first-order chi connectivity index (χ1) is 15.3. The molecule has 1 heterocycles. The summed E-state index contributed by atoms with van der Waals surface area (Å²) in [5.41, 5.74) is 0.651. The van der Waals surface area contributed by atoms with Crippen LogP contribution in [0.4, 0.5) is 5.69 Å². The first kappa shape index (κ1) is 22.7. The molecule has 0 aliphatic heterocycles. The normalized spacial score (nSPS) is 10.4. The van der Waals surface area contributed by atoms with Crippen molar-refractivity contribution in [2.75, 3.05) is 19.7 Å². The number of amides is 2. The van der Waals surface area contributed by atoms with Gasteiger partial charge in [0.1, 0.15) is 5.75 Å². The minimum absolute atomic E-state index is 0.0593. The van der Waals surface area contributed by atoms with Gasteiger partial charge in [0.15, 0.2) is 6.61 Å². The molecule has 0 fully saturated rings. The Kier molecular flexibility index (Phi) is 7.34. The molecule has 0 radical (unpaired) electrons. The van der Waals surface area contributed by atoms with Crippen LogP contribution in [-0.2, 0) is 4.79 Å². The lowest BCUT2D eigenvalue weighted by Crippen LogP contribution is -2.36. The molecule has 2 amide bonds. The van der Waals surface area contributed by atoms with Crippen LogP contribution in [0.15, 0.2) is 47.0 Å². The highest BCUT2D eigenvalue weighted by Gasteiger charge is 2.20. The fourth-order valence-corrected chi connectivity index (χ4v) is 2.80. The number of carbonyl (C=O) groups is 2. The second kappa shape index (κ2) is 10.4. The summed E-state index contributed by atoms with van der Waals surface area (Å²) < 4.78 is 10.3. The van der Waals surface area contributed by atoms with Crippen LogP contribution in [0.25, 0.3) is 11.4 Å². The van der Waals surface area contributed by atoms with Gasteiger partial charge in [0.05, 0.1) is 4.92 Å². The van der Waals surface area contributed by atoms with Crippen LogP contribution in [-0.4, -0.2) is 46.6 Å². The fraction of sp³-hybridized carbons (Fsp3) is 0.200. The van der Waals surface area contributed by atoms with Gasteiger partial charge in [0.2, 0.25) is 5.82 Å². The summed E-state index contributed by atoms with van der Waals surface area (Å²) in [5, 5.41) is 20.5. The van der Waals surface area contributed by atoms with Gasteiger partial charge in [-0.2, -0.15) is 4.98 Å². The molecule has 3 aromatic rings. The van der Waals surface area contributed by atoms with Gasteiger partial charge in [-0.15, -0.1) is 0 Å². The molecule has 0 saturated carbocycles. The average Bonchev–Trinajstić information content (AvgIpc) is 3.26. The number of hydrogen-bond acceptors (Lipinski definition) is 8. The molecule has 2 aromatic carbocycles. The van der Waals surface area contributed by atoms with Crippen molar-refractivity contribution >= 4 is 29.1 Å². The molecule has 0 saturated heterocycles. The molecule has 166 valence electrons. The summed E-state index contributed by atoms with van der Waals surface area (Å²) in [5.74, 6) is -0.745. The second-order valence-corrected chi connectivity index (χ2v) is 6.91. The van der Waals surface area contributed by atoms with Gasteiger partial charge in [0, 0.05) is 35.3 Å². The number of ether oxygens (including phenoxy) is 1. The van der Waals surface area contributed by atoms with Crippen LogP contribution >= 0.6 is 11.6 Å². The van der Waals surface area contributed by atoms with E-state index in [-0.39, 0.29) is 43.0 Å². The number of hydrogen-bond donors (Lipinski definition) is 2. The van der Waals surface area contributed by atoms with Gasteiger partial charge < -0.3 is 19.9 Å². The number of halogens is 1. The Morgan fingerprint density at radius 1 is 1.16 bits per heavy atom. The summed E-state index contributed by atoms with van der Waals surface area (Å²) in [6.07, 6.45) is 0. The monoisotopic (exact) mass is 459 g/mol. The fourth-order valence-electron chi connectivity index (χ4n) is 2.67. The van der Waals surface area contributed by atoms with E-state index >= 15 is 0 Å². The van der Waals surface area contributed by atoms with Gasteiger partial charge in [0.25, 0.3) is 11.6 Å². The highest BCUT2D eigenvalue weighted by molar-refractivity contribution is 6.30. The van der Waals surface area contributed by atoms with Crippen LogP contribution in [0.3, 0.4) is 0 Å². The molecule has 1 aromatic heterocycles. The zero-order valence-corrected chi connectivity index (χ0v) is 17.6. The summed E-state index contributed by atoms with van der Waals surface area (Å²) >= 11 is 5.78. The minimum atomic E-state index is -0.640. The molecule has 0 spiro atoms. The van der Waals surface area contributed by atoms with Crippen molar-refractivity contribution in [3.8, 4) is 17.1 Å². The zero-order chi connectivity index (χ0) is 23.1. The molecule has 12 heteroatoms. The first-order valence-corrected chi connectivity index (χ1v) is 9.74. The van der Waals surface area contributed by atoms with Crippen molar-refractivity contribution in [3.05, 3.63) is 69.1 Å². The van der Waals surface area contributed by atoms with E-state index in [2.05, 4.69) is 20.8 Å². The van der Waals surface area contributed by atoms with Crippen LogP contribution in [0.1, 0.15) is 16.2 Å². The van der Waals surface area contributed by atoms with Crippen LogP contribution in [0.2, 0.25) is 5.02 Å². The Morgan fingerprint density at radius 2 is 1.88 bits per heavy atom. The predicted molar refractivity (Wildman–Crippen MR) is 113 cm³/mol. The predicted octanol–water partition coefficient (Wildman–Crippen LogP) is 2.53. The Morgan fingerprint density at radius 3 is 2.59 bits per heavy atom. The maximum Gasteiger partial charge on any atom is 0.316 e. The zero-order valence-electron chi connectivity index (χ0n) is 16.8. The van der Waals surface area contributed by atoms with Crippen LogP contribution in [0.5, 0.6) is 5.75 Å². The maximum atomic E-state index is 12.2. The lowest BCUT2D eigenvalue weighted by Gasteiger charge is -2.07. The SMILES string of the molecule is Cc1c(-c2noc(C(=O)NCCNC(=O)COc3ccc(Cl)cc3)n2)cccc1[N+](=O)[O-]. The summed E-state index contributed by atoms with van der Waals surface area (Å²) in [6.45, 7) is 1.63. The number of nitro benzene ring substituents is 1. The van der Waals surface area contributed by atoms with Crippen molar-refractivity contribution in [3.63, 3.8) is 0 Å². The smallest absolute Gasteiger partial charge is 0.316 e. The highest BCUT2D eigenvalue weighted by atomic mass is 35.5. The molecule has 11 nitrogen and oxygen atoms in total. The molecular formula is C20H18ClN5O6. The number of nitrogens with one attached hydrogen (secondary N) is 2. The highest BCUT2D eigenvalue weighted by Crippen LogP contribution is 2.27. The van der Waals surface area contributed by atoms with E-state index in [1.54, 1.807) is 37.3 Å². The van der Waals surface area contributed by atoms with E-state index in [9.17, 15) is 19.7 Å². The van der Waals surface area contributed by atoms with E-state index in [0.717, 1.165) is 0 Å². The Balaban J connectivity index is 1.45. The molecule has 3 rings (SSSR count). The van der Waals surface area contributed by atoms with E-state index in [1.165, 1.54) is 12.1 Å². The molecule has 0 aliphatic carbocycles. The van der Waals surface area contributed by atoms with E-state index in [0.29, 0.717) is 21.9 Å². The number of nitrogens with zero attached hydrogens (tertiary/aromatic N) is 3. The number of benzene rings is 2. The topological polar surface area (TPSA) is 149 Å². The number of aromatic nitrogens is 2. The van der Waals surface area contributed by atoms with E-state index in [1.807, 2.05) is 0 Å². The summed E-state index contributed by atoms with van der Waals surface area (Å²) in [6, 6.07) is 11.0. The lowest BCUT2D eigenvalue weighted by molar-refractivity contribution is -0.385. The second-order valence-electron chi connectivity index (χ2n) is 6.48. The summed E-state index contributed by atoms with van der Waals surface area (Å²) in [7, 11) is 0. The lowest BCUT2D eigenvalue weighted by atomic mass is 10.1. The van der Waals surface area contributed by atoms with Gasteiger partial charge in [-0.05, 0) is 31.2 Å². The Labute approximate surface area is 186 Å². The van der Waals surface area contributed by atoms with Gasteiger partial charge in [-0.1, -0.05) is 28.9 Å². The van der Waals surface area contributed by atoms with Gasteiger partial charge in [-0.25, -0.2) is 0 Å². The maximum absolute atomic E-state index is 12.2. The largest absolute Gasteiger partial charge is 0.484 e. The quantitative estimate of drug-likeness (QED) is 0.281. The molecular weight excluding hydrogens is 442 g/mol. The Bertz CT molecular complexity index is 1130. The number of rotatable bonds is 9.